The third-order valence-electron chi connectivity index (χ3n) is 3.28. The lowest BCUT2D eigenvalue weighted by molar-refractivity contribution is -0.116. The van der Waals surface area contributed by atoms with Crippen molar-refractivity contribution in [2.24, 2.45) is 5.84 Å². The molecule has 0 saturated heterocycles. The van der Waals surface area contributed by atoms with Crippen LogP contribution in [0.25, 0.3) is 0 Å². The zero-order chi connectivity index (χ0) is 17.0. The van der Waals surface area contributed by atoms with Crippen LogP contribution in [0.15, 0.2) is 60.8 Å². The van der Waals surface area contributed by atoms with Crippen molar-refractivity contribution in [3.63, 3.8) is 0 Å². The zero-order valence-electron chi connectivity index (χ0n) is 14.4. The fraction of sp³-hybridized carbons (Fsp3) is 0.450. The van der Waals surface area contributed by atoms with Gasteiger partial charge in [-0.15, -0.1) is 0 Å². The van der Waals surface area contributed by atoms with Gasteiger partial charge < -0.3 is 0 Å². The Morgan fingerprint density at radius 2 is 1.30 bits per heavy atom. The summed E-state index contributed by atoms with van der Waals surface area (Å²) < 4.78 is 0. The second-order valence-electron chi connectivity index (χ2n) is 5.36. The lowest BCUT2D eigenvalue weighted by Gasteiger charge is -1.98. The number of rotatable bonds is 13. The topological polar surface area (TPSA) is 55.1 Å². The number of carbonyl (C=O) groups excluding carboxylic acids is 1. The Morgan fingerprint density at radius 1 is 0.783 bits per heavy atom. The third-order valence-corrected chi connectivity index (χ3v) is 3.28. The predicted molar refractivity (Wildman–Crippen MR) is 101 cm³/mol. The number of allylic oxidation sites excluding steroid dienone is 9. The van der Waals surface area contributed by atoms with E-state index < -0.39 is 0 Å². The van der Waals surface area contributed by atoms with E-state index >= 15 is 0 Å². The van der Waals surface area contributed by atoms with Crippen LogP contribution >= 0.6 is 0 Å². The smallest absolute Gasteiger partial charge is 0.257 e. The van der Waals surface area contributed by atoms with Gasteiger partial charge in [-0.25, -0.2) is 5.84 Å². The molecule has 0 saturated carbocycles. The van der Waals surface area contributed by atoms with Crippen LogP contribution in [0.2, 0.25) is 0 Å². The van der Waals surface area contributed by atoms with Crippen molar-refractivity contribution in [1.29, 1.82) is 0 Å². The molecule has 0 aliphatic carbocycles. The highest BCUT2D eigenvalue weighted by Gasteiger charge is 1.88. The van der Waals surface area contributed by atoms with Crippen LogP contribution < -0.4 is 11.3 Å². The molecule has 0 aromatic heterocycles. The van der Waals surface area contributed by atoms with Gasteiger partial charge in [-0.05, 0) is 12.8 Å². The molecule has 3 nitrogen and oxygen atoms in total. The fourth-order valence-electron chi connectivity index (χ4n) is 1.97. The predicted octanol–water partition coefficient (Wildman–Crippen LogP) is 4.90. The van der Waals surface area contributed by atoms with E-state index in [2.05, 4.69) is 19.1 Å². The van der Waals surface area contributed by atoms with Crippen LogP contribution in [-0.2, 0) is 4.79 Å². The van der Waals surface area contributed by atoms with Crippen molar-refractivity contribution in [1.82, 2.24) is 5.43 Å². The molecule has 0 radical (unpaired) electrons. The summed E-state index contributed by atoms with van der Waals surface area (Å²) in [5.74, 6) is 4.62. The standard InChI is InChI=1S/C20H32N2O/c1-2-3-4-5-6-7-8-9-10-11-12-13-14-15-16-17-18-19-20(23)22-21/h10-19H,2-9,21H2,1H3,(H,22,23)/b11-10+,13-12+,15-14+,17-16+,19-18+. The van der Waals surface area contributed by atoms with Crippen molar-refractivity contribution in [2.45, 2.75) is 58.3 Å². The van der Waals surface area contributed by atoms with Gasteiger partial charge in [-0.3, -0.25) is 10.2 Å². The van der Waals surface area contributed by atoms with E-state index in [1.807, 2.05) is 35.8 Å². The molecule has 0 aliphatic heterocycles. The van der Waals surface area contributed by atoms with E-state index in [1.165, 1.54) is 51.0 Å². The molecule has 1 amide bonds. The molecule has 3 heteroatoms. The molecule has 0 aromatic carbocycles. The molecule has 0 rings (SSSR count). The zero-order valence-corrected chi connectivity index (χ0v) is 14.4. The third kappa shape index (κ3) is 18.1. The summed E-state index contributed by atoms with van der Waals surface area (Å²) in [5, 5.41) is 0. The number of nitrogens with one attached hydrogen (secondary N) is 1. The van der Waals surface area contributed by atoms with E-state index in [0.29, 0.717) is 0 Å². The van der Waals surface area contributed by atoms with Crippen LogP contribution in [0.4, 0.5) is 0 Å². The first kappa shape index (κ1) is 21.1. The number of hydrogen-bond donors (Lipinski definition) is 2. The van der Waals surface area contributed by atoms with E-state index in [1.54, 1.807) is 12.2 Å². The number of carbonyl (C=O) groups is 1. The Hall–Kier alpha value is -1.87. The molecule has 0 heterocycles. The second-order valence-corrected chi connectivity index (χ2v) is 5.36. The van der Waals surface area contributed by atoms with Gasteiger partial charge in [0, 0.05) is 6.08 Å². The highest BCUT2D eigenvalue weighted by Crippen LogP contribution is 2.08. The summed E-state index contributed by atoms with van der Waals surface area (Å²) in [6.07, 6.45) is 29.5. The average Bonchev–Trinajstić information content (AvgIpc) is 2.57. The number of unbranched alkanes of at least 4 members (excludes halogenated alkanes) is 7. The summed E-state index contributed by atoms with van der Waals surface area (Å²) in [6.45, 7) is 2.25. The summed E-state index contributed by atoms with van der Waals surface area (Å²) in [4.78, 5) is 10.8. The van der Waals surface area contributed by atoms with E-state index in [4.69, 9.17) is 5.84 Å². The number of amides is 1. The van der Waals surface area contributed by atoms with E-state index in [0.717, 1.165) is 6.42 Å². The lowest BCUT2D eigenvalue weighted by atomic mass is 10.1. The first-order valence-corrected chi connectivity index (χ1v) is 8.65. The van der Waals surface area contributed by atoms with Gasteiger partial charge in [-0.1, -0.05) is 100 Å². The van der Waals surface area contributed by atoms with Gasteiger partial charge in [0.1, 0.15) is 0 Å². The maximum atomic E-state index is 10.8. The monoisotopic (exact) mass is 316 g/mol. The minimum atomic E-state index is -0.315. The summed E-state index contributed by atoms with van der Waals surface area (Å²) in [6, 6.07) is 0. The minimum absolute atomic E-state index is 0.315. The number of nitrogens with two attached hydrogens (primary N) is 1. The molecular formula is C20H32N2O. The molecule has 0 aromatic rings. The maximum absolute atomic E-state index is 10.8. The van der Waals surface area contributed by atoms with Crippen LogP contribution in [0.5, 0.6) is 0 Å². The quantitative estimate of drug-likeness (QED) is 0.127. The Kier molecular flexibility index (Phi) is 16.7. The van der Waals surface area contributed by atoms with Gasteiger partial charge in [-0.2, -0.15) is 0 Å². The Bertz CT molecular complexity index is 417. The van der Waals surface area contributed by atoms with Crippen LogP contribution in [-0.4, -0.2) is 5.91 Å². The minimum Gasteiger partial charge on any atom is -0.291 e. The lowest BCUT2D eigenvalue weighted by Crippen LogP contribution is -2.27. The summed E-state index contributed by atoms with van der Waals surface area (Å²) in [5.41, 5.74) is 2.02. The van der Waals surface area contributed by atoms with Gasteiger partial charge >= 0.3 is 0 Å². The SMILES string of the molecule is CCCCCCCCC/C=C/C=C/C=C/C=C/C=C/C(=O)NN. The molecule has 0 atom stereocenters. The Balaban J connectivity index is 3.54. The number of hydrazine groups is 1. The normalized spacial score (nSPS) is 12.6. The molecule has 0 aliphatic rings. The number of hydrogen-bond acceptors (Lipinski definition) is 2. The molecule has 23 heavy (non-hydrogen) atoms. The van der Waals surface area contributed by atoms with Crippen LogP contribution in [0.1, 0.15) is 58.3 Å². The van der Waals surface area contributed by atoms with E-state index in [9.17, 15) is 4.79 Å². The molecule has 0 unspecified atom stereocenters. The molecule has 0 fully saturated rings. The van der Waals surface area contributed by atoms with Gasteiger partial charge in [0.2, 0.25) is 0 Å². The first-order valence-electron chi connectivity index (χ1n) is 8.65. The molecule has 3 N–H and O–H groups in total. The summed E-state index contributed by atoms with van der Waals surface area (Å²) >= 11 is 0. The van der Waals surface area contributed by atoms with Crippen molar-refractivity contribution in [3.8, 4) is 0 Å². The van der Waals surface area contributed by atoms with Crippen molar-refractivity contribution >= 4 is 5.91 Å². The van der Waals surface area contributed by atoms with Crippen molar-refractivity contribution in [3.05, 3.63) is 60.8 Å². The van der Waals surface area contributed by atoms with Gasteiger partial charge in [0.05, 0.1) is 0 Å². The van der Waals surface area contributed by atoms with Crippen molar-refractivity contribution in [2.75, 3.05) is 0 Å². The molecule has 0 spiro atoms. The molecule has 128 valence electrons. The van der Waals surface area contributed by atoms with Gasteiger partial charge in [0.25, 0.3) is 5.91 Å². The van der Waals surface area contributed by atoms with Crippen molar-refractivity contribution < 1.29 is 4.79 Å². The Morgan fingerprint density at radius 3 is 1.91 bits per heavy atom. The maximum Gasteiger partial charge on any atom is 0.257 e. The van der Waals surface area contributed by atoms with Crippen LogP contribution in [0, 0.1) is 0 Å². The average molecular weight is 316 g/mol. The Labute approximate surface area is 141 Å². The van der Waals surface area contributed by atoms with Crippen LogP contribution in [0.3, 0.4) is 0 Å². The van der Waals surface area contributed by atoms with Gasteiger partial charge in [0.15, 0.2) is 0 Å². The first-order chi connectivity index (χ1) is 11.3. The highest BCUT2D eigenvalue weighted by molar-refractivity contribution is 5.87. The largest absolute Gasteiger partial charge is 0.291 e. The second kappa shape index (κ2) is 18.2. The summed E-state index contributed by atoms with van der Waals surface area (Å²) in [7, 11) is 0. The molecular weight excluding hydrogens is 284 g/mol. The highest BCUT2D eigenvalue weighted by atomic mass is 16.2. The fourth-order valence-corrected chi connectivity index (χ4v) is 1.97. The molecule has 0 bridgehead atoms. The van der Waals surface area contributed by atoms with E-state index in [-0.39, 0.29) is 5.91 Å².